The second-order valence-corrected chi connectivity index (χ2v) is 10.0. The van der Waals surface area contributed by atoms with Crippen molar-refractivity contribution in [2.45, 2.75) is 44.2 Å². The molecule has 1 aliphatic heterocycles. The predicted molar refractivity (Wildman–Crippen MR) is 134 cm³/mol. The average molecular weight is 501 g/mol. The van der Waals surface area contributed by atoms with Crippen LogP contribution in [-0.2, 0) is 11.3 Å². The van der Waals surface area contributed by atoms with Crippen molar-refractivity contribution in [3.8, 4) is 22.8 Å². The van der Waals surface area contributed by atoms with Gasteiger partial charge >= 0.3 is 0 Å². The maximum atomic E-state index is 15.3. The molecule has 37 heavy (non-hydrogen) atoms. The van der Waals surface area contributed by atoms with E-state index in [1.807, 2.05) is 18.3 Å². The molecule has 1 unspecified atom stereocenters. The lowest BCUT2D eigenvalue weighted by molar-refractivity contribution is 0.125. The van der Waals surface area contributed by atoms with Gasteiger partial charge in [-0.3, -0.25) is 9.67 Å². The molecular formula is C27H25FN6O3. The Balaban J connectivity index is 1.31. The van der Waals surface area contributed by atoms with Crippen LogP contribution in [0.3, 0.4) is 0 Å². The Hall–Kier alpha value is -3.89. The van der Waals surface area contributed by atoms with E-state index in [-0.39, 0.29) is 11.7 Å². The molecule has 7 rings (SSSR count). The van der Waals surface area contributed by atoms with Crippen molar-refractivity contribution in [2.75, 3.05) is 13.2 Å². The van der Waals surface area contributed by atoms with Crippen LogP contribution in [0.1, 0.15) is 36.6 Å². The summed E-state index contributed by atoms with van der Waals surface area (Å²) >= 11 is 0. The third-order valence-corrected chi connectivity index (χ3v) is 7.16. The molecule has 0 spiro atoms. The summed E-state index contributed by atoms with van der Waals surface area (Å²) < 4.78 is 29.0. The maximum absolute atomic E-state index is 15.3. The van der Waals surface area contributed by atoms with E-state index in [9.17, 15) is 5.11 Å². The lowest BCUT2D eigenvalue weighted by Crippen LogP contribution is -2.16. The highest BCUT2D eigenvalue weighted by Gasteiger charge is 2.40. The van der Waals surface area contributed by atoms with E-state index < -0.39 is 11.4 Å². The zero-order valence-electron chi connectivity index (χ0n) is 20.2. The first-order valence-corrected chi connectivity index (χ1v) is 12.4. The van der Waals surface area contributed by atoms with Gasteiger partial charge in [-0.1, -0.05) is 0 Å². The van der Waals surface area contributed by atoms with Crippen molar-refractivity contribution < 1.29 is 19.0 Å². The van der Waals surface area contributed by atoms with Gasteiger partial charge in [0.15, 0.2) is 11.6 Å². The number of H-pyrrole nitrogens is 1. The number of hydrogen-bond acceptors (Lipinski definition) is 7. The topological polar surface area (TPSA) is 111 Å². The molecular weight excluding hydrogens is 475 g/mol. The van der Waals surface area contributed by atoms with Gasteiger partial charge in [-0.05, 0) is 50.5 Å². The van der Waals surface area contributed by atoms with Crippen molar-refractivity contribution in [2.24, 2.45) is 0 Å². The molecule has 9 nitrogen and oxygen atoms in total. The molecule has 2 N–H and O–H groups in total. The summed E-state index contributed by atoms with van der Waals surface area (Å²) in [6, 6.07) is 7.00. The third-order valence-electron chi connectivity index (χ3n) is 7.16. The monoisotopic (exact) mass is 500 g/mol. The predicted octanol–water partition coefficient (Wildman–Crippen LogP) is 4.64. The SMILES string of the molecule is Cc1nc2ccc(Oc3ccc4ncc(-c5cnn(CC6(O)CC6)c5)nc4c3C3CCOC3)c(F)c2[nH]1. The summed E-state index contributed by atoms with van der Waals surface area (Å²) in [5.74, 6) is 0.820. The van der Waals surface area contributed by atoms with Crippen molar-refractivity contribution in [3.63, 3.8) is 0 Å². The van der Waals surface area contributed by atoms with Crippen molar-refractivity contribution in [3.05, 3.63) is 60.1 Å². The van der Waals surface area contributed by atoms with Crippen molar-refractivity contribution in [1.82, 2.24) is 29.7 Å². The summed E-state index contributed by atoms with van der Waals surface area (Å²) in [4.78, 5) is 16.9. The number of hydrogen-bond donors (Lipinski definition) is 2. The number of aryl methyl sites for hydroxylation is 1. The highest BCUT2D eigenvalue weighted by Crippen LogP contribution is 2.41. The minimum Gasteiger partial charge on any atom is -0.454 e. The van der Waals surface area contributed by atoms with Gasteiger partial charge in [-0.25, -0.2) is 14.4 Å². The van der Waals surface area contributed by atoms with Gasteiger partial charge in [0.1, 0.15) is 17.1 Å². The maximum Gasteiger partial charge on any atom is 0.191 e. The lowest BCUT2D eigenvalue weighted by Gasteiger charge is -2.18. The quantitative estimate of drug-likeness (QED) is 0.349. The molecule has 2 aromatic carbocycles. The molecule has 10 heteroatoms. The van der Waals surface area contributed by atoms with Gasteiger partial charge in [-0.2, -0.15) is 5.10 Å². The fourth-order valence-corrected chi connectivity index (χ4v) is 5.00. The molecule has 1 saturated heterocycles. The van der Waals surface area contributed by atoms with E-state index in [2.05, 4.69) is 20.1 Å². The molecule has 4 heterocycles. The van der Waals surface area contributed by atoms with Crippen LogP contribution in [0.2, 0.25) is 0 Å². The van der Waals surface area contributed by atoms with Crippen molar-refractivity contribution in [1.29, 1.82) is 0 Å². The van der Waals surface area contributed by atoms with Crippen LogP contribution in [0.25, 0.3) is 33.3 Å². The van der Waals surface area contributed by atoms with Gasteiger partial charge < -0.3 is 19.6 Å². The van der Waals surface area contributed by atoms with Crippen molar-refractivity contribution >= 4 is 22.1 Å². The highest BCUT2D eigenvalue weighted by molar-refractivity contribution is 5.84. The van der Waals surface area contributed by atoms with E-state index in [0.29, 0.717) is 53.6 Å². The first kappa shape index (κ1) is 22.3. The van der Waals surface area contributed by atoms with Gasteiger partial charge in [0.25, 0.3) is 0 Å². The molecule has 0 bridgehead atoms. The van der Waals surface area contributed by atoms with Crippen LogP contribution >= 0.6 is 0 Å². The Kier molecular flexibility index (Phi) is 5.02. The number of fused-ring (bicyclic) bond motifs is 2. The fraction of sp³-hybridized carbons (Fsp3) is 0.333. The number of aromatic nitrogens is 6. The van der Waals surface area contributed by atoms with Crippen LogP contribution in [0.15, 0.2) is 42.9 Å². The van der Waals surface area contributed by atoms with Gasteiger partial charge in [0.2, 0.25) is 0 Å². The molecule has 1 saturated carbocycles. The zero-order valence-corrected chi connectivity index (χ0v) is 20.2. The van der Waals surface area contributed by atoms with E-state index in [1.165, 1.54) is 0 Å². The minimum absolute atomic E-state index is 0.0382. The molecule has 0 amide bonds. The normalized spacial score (nSPS) is 18.6. The second kappa shape index (κ2) is 8.32. The summed E-state index contributed by atoms with van der Waals surface area (Å²) in [6.45, 7) is 3.41. The Bertz CT molecular complexity index is 1650. The number of rotatable bonds is 6. The molecule has 1 atom stereocenters. The molecule has 3 aromatic heterocycles. The molecule has 188 valence electrons. The second-order valence-electron chi connectivity index (χ2n) is 10.0. The first-order chi connectivity index (χ1) is 18.0. The zero-order chi connectivity index (χ0) is 25.1. The number of aliphatic hydroxyl groups is 1. The molecule has 0 radical (unpaired) electrons. The van der Waals surface area contributed by atoms with Crippen LogP contribution in [0.5, 0.6) is 11.5 Å². The van der Waals surface area contributed by atoms with Gasteiger partial charge in [0.05, 0.1) is 53.4 Å². The minimum atomic E-state index is -0.645. The Morgan fingerprint density at radius 3 is 2.81 bits per heavy atom. The number of imidazole rings is 1. The fourth-order valence-electron chi connectivity index (χ4n) is 5.00. The van der Waals surface area contributed by atoms with Gasteiger partial charge in [-0.15, -0.1) is 0 Å². The van der Waals surface area contributed by atoms with E-state index in [0.717, 1.165) is 35.9 Å². The number of halogens is 1. The average Bonchev–Trinajstić information content (AvgIpc) is 3.32. The summed E-state index contributed by atoms with van der Waals surface area (Å²) in [6.07, 6.45) is 7.72. The van der Waals surface area contributed by atoms with E-state index in [4.69, 9.17) is 14.5 Å². The van der Waals surface area contributed by atoms with Crippen LogP contribution in [0.4, 0.5) is 4.39 Å². The number of nitrogens with zero attached hydrogens (tertiary/aromatic N) is 5. The standard InChI is InChI=1S/C27H25FN6O3/c1-15-31-19-3-5-22(24(28)26(19)32-15)37-21-4-2-18-25(23(21)16-6-9-36-13-16)33-20(11-29-18)17-10-30-34(12-17)14-27(35)7-8-27/h2-5,10-12,16,35H,6-9,13-14H2,1H3,(H,31,32). The molecule has 5 aromatic rings. The van der Waals surface area contributed by atoms with Crippen LogP contribution in [0, 0.1) is 12.7 Å². The first-order valence-electron chi connectivity index (χ1n) is 12.4. The van der Waals surface area contributed by atoms with Crippen LogP contribution in [-0.4, -0.2) is 53.6 Å². The smallest absolute Gasteiger partial charge is 0.191 e. The number of benzene rings is 2. The number of nitrogens with one attached hydrogen (secondary N) is 1. The largest absolute Gasteiger partial charge is 0.454 e. The Labute approximate surface area is 211 Å². The van der Waals surface area contributed by atoms with E-state index >= 15 is 4.39 Å². The van der Waals surface area contributed by atoms with Crippen LogP contribution < -0.4 is 4.74 Å². The number of aromatic amines is 1. The summed E-state index contributed by atoms with van der Waals surface area (Å²) in [5, 5.41) is 14.6. The molecule has 2 aliphatic rings. The van der Waals surface area contributed by atoms with Gasteiger partial charge in [0, 0.05) is 29.8 Å². The summed E-state index contributed by atoms with van der Waals surface area (Å²) in [7, 11) is 0. The molecule has 2 fully saturated rings. The summed E-state index contributed by atoms with van der Waals surface area (Å²) in [5.41, 5.74) is 3.96. The molecule has 1 aliphatic carbocycles. The lowest BCUT2D eigenvalue weighted by atomic mass is 9.95. The van der Waals surface area contributed by atoms with E-state index in [1.54, 1.807) is 36.1 Å². The highest BCUT2D eigenvalue weighted by atomic mass is 19.1. The third kappa shape index (κ3) is 4.02. The number of ether oxygens (including phenoxy) is 2. The Morgan fingerprint density at radius 2 is 2.00 bits per heavy atom. The Morgan fingerprint density at radius 1 is 1.16 bits per heavy atom.